The van der Waals surface area contributed by atoms with Gasteiger partial charge in [0.05, 0.1) is 7.11 Å². The van der Waals surface area contributed by atoms with Crippen LogP contribution in [-0.4, -0.2) is 40.3 Å². The van der Waals surface area contributed by atoms with E-state index in [0.717, 1.165) is 41.7 Å². The minimum Gasteiger partial charge on any atom is -0.497 e. The Bertz CT molecular complexity index is 610. The van der Waals surface area contributed by atoms with Gasteiger partial charge in [-0.05, 0) is 42.5 Å². The first kappa shape index (κ1) is 17.6. The molecule has 0 unspecified atom stereocenters. The van der Waals surface area contributed by atoms with Crippen molar-refractivity contribution in [1.82, 2.24) is 0 Å². The van der Waals surface area contributed by atoms with Crippen LogP contribution in [0.1, 0.15) is 24.8 Å². The Morgan fingerprint density at radius 1 is 1.17 bits per heavy atom. The summed E-state index contributed by atoms with van der Waals surface area (Å²) in [6, 6.07) is 7.82. The molecule has 0 fully saturated rings. The lowest BCUT2D eigenvalue weighted by Gasteiger charge is -2.38. The van der Waals surface area contributed by atoms with Crippen LogP contribution in [0.15, 0.2) is 29.8 Å². The molecular formula is C19H24O4. The van der Waals surface area contributed by atoms with E-state index in [4.69, 9.17) is 25.4 Å². The molecule has 124 valence electrons. The van der Waals surface area contributed by atoms with Crippen molar-refractivity contribution in [1.29, 1.82) is 0 Å². The molecule has 0 amide bonds. The molecule has 4 heteroatoms. The second kappa shape index (κ2) is 7.65. The molecule has 1 atom stereocenters. The highest BCUT2D eigenvalue weighted by molar-refractivity contribution is 5.80. The second-order valence-electron chi connectivity index (χ2n) is 5.46. The van der Waals surface area contributed by atoms with Gasteiger partial charge in [0, 0.05) is 26.9 Å². The van der Waals surface area contributed by atoms with Crippen LogP contribution in [0.25, 0.3) is 5.57 Å². The van der Waals surface area contributed by atoms with Crippen LogP contribution in [0.4, 0.5) is 0 Å². The number of rotatable bonds is 6. The van der Waals surface area contributed by atoms with Crippen molar-refractivity contribution in [3.63, 3.8) is 0 Å². The first-order valence-corrected chi connectivity index (χ1v) is 7.62. The third-order valence-corrected chi connectivity index (χ3v) is 4.35. The zero-order chi connectivity index (χ0) is 16.9. The average Bonchev–Trinajstić information content (AvgIpc) is 2.62. The Balaban J connectivity index is 2.70. The third-order valence-electron chi connectivity index (χ3n) is 4.35. The smallest absolute Gasteiger partial charge is 0.179 e. The zero-order valence-corrected chi connectivity index (χ0v) is 14.2. The summed E-state index contributed by atoms with van der Waals surface area (Å²) in [5.41, 5.74) is 2.16. The first-order valence-electron chi connectivity index (χ1n) is 7.62. The van der Waals surface area contributed by atoms with E-state index in [1.807, 2.05) is 24.3 Å². The summed E-state index contributed by atoms with van der Waals surface area (Å²) in [6.45, 7) is 0. The maximum Gasteiger partial charge on any atom is 0.179 e. The van der Waals surface area contributed by atoms with Gasteiger partial charge in [0.25, 0.3) is 0 Å². The van der Waals surface area contributed by atoms with Crippen molar-refractivity contribution in [2.24, 2.45) is 0 Å². The van der Waals surface area contributed by atoms with Crippen molar-refractivity contribution in [3.8, 4) is 18.1 Å². The van der Waals surface area contributed by atoms with E-state index >= 15 is 0 Å². The summed E-state index contributed by atoms with van der Waals surface area (Å²) in [5.74, 6) is 3.63. The standard InChI is InChI=1S/C19H24O4/c1-6-19(23-5)12-8-11-16(18(21-3)22-4)17(19)14-9-7-10-15(13-14)20-2/h1,7,9-10,13,18H,8,11-12H2,2-5H3/t19-/m0/s1. The highest BCUT2D eigenvalue weighted by atomic mass is 16.7. The summed E-state index contributed by atoms with van der Waals surface area (Å²) in [7, 11) is 6.55. The Labute approximate surface area is 138 Å². The van der Waals surface area contributed by atoms with Crippen LogP contribution in [0.2, 0.25) is 0 Å². The van der Waals surface area contributed by atoms with Crippen LogP contribution >= 0.6 is 0 Å². The van der Waals surface area contributed by atoms with Gasteiger partial charge < -0.3 is 18.9 Å². The molecule has 23 heavy (non-hydrogen) atoms. The predicted octanol–water partition coefficient (Wildman–Crippen LogP) is 3.27. The lowest BCUT2D eigenvalue weighted by molar-refractivity contribution is -0.0787. The monoisotopic (exact) mass is 316 g/mol. The quantitative estimate of drug-likeness (QED) is 0.596. The Morgan fingerprint density at radius 3 is 2.48 bits per heavy atom. The fourth-order valence-electron chi connectivity index (χ4n) is 3.26. The van der Waals surface area contributed by atoms with Gasteiger partial charge in [0.2, 0.25) is 0 Å². The fourth-order valence-corrected chi connectivity index (χ4v) is 3.26. The minimum absolute atomic E-state index is 0.445. The van der Waals surface area contributed by atoms with Gasteiger partial charge in [0.1, 0.15) is 5.75 Å². The van der Waals surface area contributed by atoms with Crippen molar-refractivity contribution >= 4 is 5.57 Å². The van der Waals surface area contributed by atoms with E-state index in [0.29, 0.717) is 0 Å². The lowest BCUT2D eigenvalue weighted by atomic mass is 9.75. The highest BCUT2D eigenvalue weighted by Crippen LogP contribution is 2.44. The van der Waals surface area contributed by atoms with E-state index < -0.39 is 11.9 Å². The van der Waals surface area contributed by atoms with Gasteiger partial charge in [-0.1, -0.05) is 18.1 Å². The average molecular weight is 316 g/mol. The molecule has 0 spiro atoms. The number of terminal acetylenes is 1. The first-order chi connectivity index (χ1) is 11.2. The molecule has 0 bridgehead atoms. The Morgan fingerprint density at radius 2 is 1.91 bits per heavy atom. The molecule has 0 heterocycles. The van der Waals surface area contributed by atoms with Crippen LogP contribution < -0.4 is 4.74 Å². The van der Waals surface area contributed by atoms with E-state index in [9.17, 15) is 0 Å². The molecule has 1 aliphatic rings. The largest absolute Gasteiger partial charge is 0.497 e. The molecule has 1 aliphatic carbocycles. The Hall–Kier alpha value is -1.80. The van der Waals surface area contributed by atoms with E-state index in [-0.39, 0.29) is 0 Å². The van der Waals surface area contributed by atoms with Gasteiger partial charge in [-0.15, -0.1) is 6.42 Å². The summed E-state index contributed by atoms with van der Waals surface area (Å²) >= 11 is 0. The predicted molar refractivity (Wildman–Crippen MR) is 90.1 cm³/mol. The van der Waals surface area contributed by atoms with Gasteiger partial charge in [-0.2, -0.15) is 0 Å². The molecule has 0 N–H and O–H groups in total. The summed E-state index contributed by atoms with van der Waals surface area (Å²) < 4.78 is 22.1. The zero-order valence-electron chi connectivity index (χ0n) is 14.2. The van der Waals surface area contributed by atoms with Crippen LogP contribution in [0.3, 0.4) is 0 Å². The maximum atomic E-state index is 5.87. The second-order valence-corrected chi connectivity index (χ2v) is 5.46. The molecule has 0 radical (unpaired) electrons. The van der Waals surface area contributed by atoms with Crippen molar-refractivity contribution in [2.45, 2.75) is 31.2 Å². The topological polar surface area (TPSA) is 36.9 Å². The highest BCUT2D eigenvalue weighted by Gasteiger charge is 2.40. The minimum atomic E-state index is -0.782. The fraction of sp³-hybridized carbons (Fsp3) is 0.474. The molecule has 0 aromatic heterocycles. The van der Waals surface area contributed by atoms with Crippen molar-refractivity contribution in [2.75, 3.05) is 28.4 Å². The molecule has 2 rings (SSSR count). The molecule has 1 aromatic rings. The third kappa shape index (κ3) is 3.28. The number of hydrogen-bond donors (Lipinski definition) is 0. The SMILES string of the molecule is C#C[C@]1(OC)CCCC(C(OC)OC)=C1c1cccc(OC)c1. The van der Waals surface area contributed by atoms with E-state index in [1.165, 1.54) is 0 Å². The molecule has 0 saturated carbocycles. The van der Waals surface area contributed by atoms with Gasteiger partial charge >= 0.3 is 0 Å². The molecule has 0 saturated heterocycles. The van der Waals surface area contributed by atoms with E-state index in [2.05, 4.69) is 5.92 Å². The maximum absolute atomic E-state index is 5.87. The normalized spacial score (nSPS) is 21.4. The van der Waals surface area contributed by atoms with Gasteiger partial charge in [-0.3, -0.25) is 0 Å². The van der Waals surface area contributed by atoms with Crippen LogP contribution in [0.5, 0.6) is 5.75 Å². The molecular weight excluding hydrogens is 292 g/mol. The van der Waals surface area contributed by atoms with E-state index in [1.54, 1.807) is 28.4 Å². The summed E-state index contributed by atoms with van der Waals surface area (Å²) in [5, 5.41) is 0. The van der Waals surface area contributed by atoms with Gasteiger partial charge in [0.15, 0.2) is 11.9 Å². The van der Waals surface area contributed by atoms with Crippen LogP contribution in [-0.2, 0) is 14.2 Å². The molecule has 4 nitrogen and oxygen atoms in total. The number of ether oxygens (including phenoxy) is 4. The molecule has 1 aromatic carbocycles. The number of methoxy groups -OCH3 is 4. The van der Waals surface area contributed by atoms with Crippen LogP contribution in [0, 0.1) is 12.3 Å². The van der Waals surface area contributed by atoms with Crippen molar-refractivity contribution < 1.29 is 18.9 Å². The summed E-state index contributed by atoms with van der Waals surface area (Å²) in [6.07, 6.45) is 7.96. The summed E-state index contributed by atoms with van der Waals surface area (Å²) in [4.78, 5) is 0. The number of hydrogen-bond acceptors (Lipinski definition) is 4. The molecule has 0 aliphatic heterocycles. The number of benzene rings is 1. The Kier molecular flexibility index (Phi) is 5.84. The van der Waals surface area contributed by atoms with Crippen molar-refractivity contribution in [3.05, 3.63) is 35.4 Å². The lowest BCUT2D eigenvalue weighted by Crippen LogP contribution is -2.37. The van der Waals surface area contributed by atoms with Gasteiger partial charge in [-0.25, -0.2) is 0 Å².